The van der Waals surface area contributed by atoms with Gasteiger partial charge in [0.2, 0.25) is 11.9 Å². The van der Waals surface area contributed by atoms with Crippen molar-refractivity contribution in [2.24, 2.45) is 0 Å². The van der Waals surface area contributed by atoms with Crippen molar-refractivity contribution >= 4 is 17.5 Å². The standard InChI is InChI=1S/C22H25N7O2/c1-2-16-12-26-29-20(16)27-21(24-13-18(31)14-30)28-22(29)25-11-15-6-8-17(9-7-15)19-5-3-4-10-23-19/h3-10,12,18,30-31H,2,11,13-14H2,1H3,(H2,24,25,27,28). The van der Waals surface area contributed by atoms with Crippen LogP contribution in [0.2, 0.25) is 0 Å². The Hall–Kier alpha value is -3.56. The Morgan fingerprint density at radius 2 is 1.90 bits per heavy atom. The predicted molar refractivity (Wildman–Crippen MR) is 119 cm³/mol. The molecule has 0 aliphatic carbocycles. The second-order valence-electron chi connectivity index (χ2n) is 7.11. The molecule has 9 heteroatoms. The van der Waals surface area contributed by atoms with E-state index in [4.69, 9.17) is 5.11 Å². The molecular weight excluding hydrogens is 394 g/mol. The van der Waals surface area contributed by atoms with E-state index in [2.05, 4.69) is 30.7 Å². The highest BCUT2D eigenvalue weighted by atomic mass is 16.3. The van der Waals surface area contributed by atoms with E-state index < -0.39 is 6.10 Å². The number of aliphatic hydroxyl groups excluding tert-OH is 2. The van der Waals surface area contributed by atoms with Crippen molar-refractivity contribution in [3.05, 3.63) is 66.0 Å². The van der Waals surface area contributed by atoms with Crippen LogP contribution >= 0.6 is 0 Å². The molecule has 1 aromatic carbocycles. The van der Waals surface area contributed by atoms with E-state index >= 15 is 0 Å². The topological polar surface area (TPSA) is 120 Å². The second-order valence-corrected chi connectivity index (χ2v) is 7.11. The van der Waals surface area contributed by atoms with Gasteiger partial charge in [-0.2, -0.15) is 19.6 Å². The number of anilines is 2. The van der Waals surface area contributed by atoms with Gasteiger partial charge in [0, 0.05) is 30.4 Å². The molecule has 1 atom stereocenters. The van der Waals surface area contributed by atoms with Crippen molar-refractivity contribution in [3.8, 4) is 11.3 Å². The number of pyridine rings is 1. The molecule has 3 heterocycles. The molecule has 0 aliphatic heterocycles. The maximum Gasteiger partial charge on any atom is 0.229 e. The Morgan fingerprint density at radius 1 is 1.06 bits per heavy atom. The summed E-state index contributed by atoms with van der Waals surface area (Å²) in [6.45, 7) is 2.41. The van der Waals surface area contributed by atoms with E-state index in [1.807, 2.05) is 49.4 Å². The van der Waals surface area contributed by atoms with E-state index in [1.54, 1.807) is 16.9 Å². The van der Waals surface area contributed by atoms with Gasteiger partial charge in [-0.3, -0.25) is 4.98 Å². The first-order valence-electron chi connectivity index (χ1n) is 10.2. The van der Waals surface area contributed by atoms with E-state index in [1.165, 1.54) is 0 Å². The number of fused-ring (bicyclic) bond motifs is 1. The van der Waals surface area contributed by atoms with Gasteiger partial charge < -0.3 is 20.8 Å². The minimum Gasteiger partial charge on any atom is -0.394 e. The molecule has 0 saturated heterocycles. The second kappa shape index (κ2) is 9.50. The molecule has 31 heavy (non-hydrogen) atoms. The molecule has 0 radical (unpaired) electrons. The van der Waals surface area contributed by atoms with Crippen LogP contribution in [0.3, 0.4) is 0 Å². The molecule has 3 aromatic heterocycles. The van der Waals surface area contributed by atoms with Gasteiger partial charge in [0.15, 0.2) is 5.65 Å². The number of nitrogens with one attached hydrogen (secondary N) is 2. The Morgan fingerprint density at radius 3 is 2.61 bits per heavy atom. The van der Waals surface area contributed by atoms with Crippen LogP contribution in [0, 0.1) is 0 Å². The van der Waals surface area contributed by atoms with Gasteiger partial charge in [0.05, 0.1) is 24.6 Å². The van der Waals surface area contributed by atoms with Crippen molar-refractivity contribution in [2.45, 2.75) is 26.0 Å². The number of rotatable bonds is 9. The summed E-state index contributed by atoms with van der Waals surface area (Å²) in [5, 5.41) is 29.4. The average molecular weight is 419 g/mol. The summed E-state index contributed by atoms with van der Waals surface area (Å²) in [6.07, 6.45) is 3.46. The summed E-state index contributed by atoms with van der Waals surface area (Å²) in [7, 11) is 0. The first kappa shape index (κ1) is 20.7. The van der Waals surface area contributed by atoms with Crippen LogP contribution in [0.5, 0.6) is 0 Å². The maximum atomic E-state index is 9.61. The molecule has 9 nitrogen and oxygen atoms in total. The lowest BCUT2D eigenvalue weighted by molar-refractivity contribution is 0.105. The third kappa shape index (κ3) is 4.79. The minimum absolute atomic E-state index is 0.149. The minimum atomic E-state index is -0.885. The fraction of sp³-hybridized carbons (Fsp3) is 0.273. The van der Waals surface area contributed by atoms with Gasteiger partial charge in [0.1, 0.15) is 0 Å². The molecule has 4 N–H and O–H groups in total. The molecule has 160 valence electrons. The van der Waals surface area contributed by atoms with Crippen LogP contribution < -0.4 is 10.6 Å². The molecule has 4 rings (SSSR count). The van der Waals surface area contributed by atoms with Crippen molar-refractivity contribution in [1.29, 1.82) is 0 Å². The fourth-order valence-electron chi connectivity index (χ4n) is 3.15. The lowest BCUT2D eigenvalue weighted by Gasteiger charge is -2.12. The Bertz CT molecular complexity index is 1130. The molecule has 0 aliphatic rings. The number of aliphatic hydroxyl groups is 2. The maximum absolute atomic E-state index is 9.61. The normalized spacial score (nSPS) is 12.1. The summed E-state index contributed by atoms with van der Waals surface area (Å²) in [6, 6.07) is 14.0. The molecule has 1 unspecified atom stereocenters. The van der Waals surface area contributed by atoms with Gasteiger partial charge in [-0.15, -0.1) is 0 Å². The highest BCUT2D eigenvalue weighted by molar-refractivity contribution is 5.59. The zero-order chi connectivity index (χ0) is 21.6. The van der Waals surface area contributed by atoms with Crippen LogP contribution in [0.25, 0.3) is 16.9 Å². The first-order chi connectivity index (χ1) is 15.2. The van der Waals surface area contributed by atoms with Crippen LogP contribution in [-0.2, 0) is 13.0 Å². The third-order valence-corrected chi connectivity index (χ3v) is 4.89. The molecule has 0 saturated carbocycles. The average Bonchev–Trinajstić information content (AvgIpc) is 3.25. The Labute approximate surface area is 179 Å². The SMILES string of the molecule is CCc1cnn2c(NCc3ccc(-c4ccccn4)cc3)nc(NCC(O)CO)nc12. The van der Waals surface area contributed by atoms with Crippen molar-refractivity contribution < 1.29 is 10.2 Å². The summed E-state index contributed by atoms with van der Waals surface area (Å²) in [4.78, 5) is 13.4. The first-order valence-corrected chi connectivity index (χ1v) is 10.2. The van der Waals surface area contributed by atoms with E-state index in [-0.39, 0.29) is 13.2 Å². The van der Waals surface area contributed by atoms with Gasteiger partial charge in [0.25, 0.3) is 0 Å². The number of aryl methyl sites for hydroxylation is 1. The highest BCUT2D eigenvalue weighted by Crippen LogP contribution is 2.19. The van der Waals surface area contributed by atoms with Crippen molar-refractivity contribution in [3.63, 3.8) is 0 Å². The quantitative estimate of drug-likeness (QED) is 0.326. The fourth-order valence-corrected chi connectivity index (χ4v) is 3.15. The summed E-state index contributed by atoms with van der Waals surface area (Å²) in [5.74, 6) is 0.905. The largest absolute Gasteiger partial charge is 0.394 e. The number of hydrogen-bond donors (Lipinski definition) is 4. The molecular formula is C22H25N7O2. The van der Waals surface area contributed by atoms with E-state index in [9.17, 15) is 5.11 Å². The summed E-state index contributed by atoms with van der Waals surface area (Å²) < 4.78 is 1.68. The zero-order valence-corrected chi connectivity index (χ0v) is 17.2. The van der Waals surface area contributed by atoms with Crippen molar-refractivity contribution in [1.82, 2.24) is 24.6 Å². The lowest BCUT2D eigenvalue weighted by Crippen LogP contribution is -2.24. The molecule has 0 bridgehead atoms. The summed E-state index contributed by atoms with van der Waals surface area (Å²) >= 11 is 0. The molecule has 4 aromatic rings. The molecule has 0 fully saturated rings. The van der Waals surface area contributed by atoms with Crippen LogP contribution in [0.4, 0.5) is 11.9 Å². The molecule has 0 spiro atoms. The van der Waals surface area contributed by atoms with E-state index in [0.717, 1.165) is 28.8 Å². The number of hydrogen-bond acceptors (Lipinski definition) is 8. The number of nitrogens with zero attached hydrogens (tertiary/aromatic N) is 5. The zero-order valence-electron chi connectivity index (χ0n) is 17.2. The van der Waals surface area contributed by atoms with Gasteiger partial charge in [-0.05, 0) is 24.1 Å². The summed E-state index contributed by atoms with van der Waals surface area (Å²) in [5.41, 5.74) is 4.77. The van der Waals surface area contributed by atoms with Crippen LogP contribution in [0.15, 0.2) is 54.9 Å². The van der Waals surface area contributed by atoms with Crippen LogP contribution in [0.1, 0.15) is 18.1 Å². The Balaban J connectivity index is 1.53. The monoisotopic (exact) mass is 419 g/mol. The Kier molecular flexibility index (Phi) is 6.34. The van der Waals surface area contributed by atoms with E-state index in [0.29, 0.717) is 24.1 Å². The molecule has 0 amide bonds. The third-order valence-electron chi connectivity index (χ3n) is 4.89. The van der Waals surface area contributed by atoms with Crippen molar-refractivity contribution in [2.75, 3.05) is 23.8 Å². The highest BCUT2D eigenvalue weighted by Gasteiger charge is 2.13. The smallest absolute Gasteiger partial charge is 0.229 e. The predicted octanol–water partition coefficient (Wildman–Crippen LogP) is 2.13. The number of aromatic nitrogens is 5. The number of benzene rings is 1. The van der Waals surface area contributed by atoms with Gasteiger partial charge in [-0.25, -0.2) is 0 Å². The lowest BCUT2D eigenvalue weighted by atomic mass is 10.1. The van der Waals surface area contributed by atoms with Gasteiger partial charge in [-0.1, -0.05) is 37.3 Å². The van der Waals surface area contributed by atoms with Gasteiger partial charge >= 0.3 is 0 Å². The van der Waals surface area contributed by atoms with Crippen LogP contribution in [-0.4, -0.2) is 54.0 Å².